The van der Waals surface area contributed by atoms with Crippen LogP contribution >= 0.6 is 32.3 Å². The van der Waals surface area contributed by atoms with Crippen molar-refractivity contribution in [3.05, 3.63) is 29.3 Å². The SMILES string of the molecule is O=C1NCc2ccc(SSS)cc21. The maximum absolute atomic E-state index is 11.3. The molecule has 1 aromatic rings. The summed E-state index contributed by atoms with van der Waals surface area (Å²) in [7, 11) is 2.93. The van der Waals surface area contributed by atoms with Crippen molar-refractivity contribution in [3.63, 3.8) is 0 Å². The molecule has 2 rings (SSSR count). The normalized spacial score (nSPS) is 14.1. The van der Waals surface area contributed by atoms with Gasteiger partial charge in [0, 0.05) is 17.0 Å². The first-order valence-corrected chi connectivity index (χ1v) is 6.90. The zero-order valence-electron chi connectivity index (χ0n) is 6.61. The lowest BCUT2D eigenvalue weighted by molar-refractivity contribution is 0.0965. The molecule has 5 heteroatoms. The van der Waals surface area contributed by atoms with Crippen LogP contribution in [0.2, 0.25) is 0 Å². The van der Waals surface area contributed by atoms with E-state index in [0.717, 1.165) is 16.0 Å². The number of amides is 1. The summed E-state index contributed by atoms with van der Waals surface area (Å²) in [5.41, 5.74) is 1.88. The van der Waals surface area contributed by atoms with E-state index in [2.05, 4.69) is 17.0 Å². The number of fused-ring (bicyclic) bond motifs is 1. The highest BCUT2D eigenvalue weighted by Crippen LogP contribution is 2.34. The second kappa shape index (κ2) is 3.86. The van der Waals surface area contributed by atoms with Crippen LogP contribution in [-0.4, -0.2) is 5.91 Å². The molecule has 1 aliphatic rings. The van der Waals surface area contributed by atoms with E-state index in [4.69, 9.17) is 0 Å². The summed E-state index contributed by atoms with van der Waals surface area (Å²) < 4.78 is 0. The van der Waals surface area contributed by atoms with Gasteiger partial charge in [0.25, 0.3) is 5.91 Å². The molecule has 0 aliphatic carbocycles. The molecule has 1 amide bonds. The Morgan fingerprint density at radius 3 is 3.08 bits per heavy atom. The van der Waals surface area contributed by atoms with Gasteiger partial charge in [-0.1, -0.05) is 17.7 Å². The Balaban J connectivity index is 2.36. The molecule has 0 spiro atoms. The van der Waals surface area contributed by atoms with Crippen LogP contribution in [0.1, 0.15) is 15.9 Å². The standard InChI is InChI=1S/C8H7NOS3/c10-8-7-3-6(12-13-11)2-1-5(7)4-9-8/h1-3,11H,4H2,(H,9,10). The van der Waals surface area contributed by atoms with Crippen molar-refractivity contribution in [2.45, 2.75) is 11.4 Å². The zero-order chi connectivity index (χ0) is 9.26. The number of carbonyl (C=O) groups is 1. The molecule has 68 valence electrons. The number of thiol groups is 1. The molecular weight excluding hydrogens is 222 g/mol. The van der Waals surface area contributed by atoms with Gasteiger partial charge in [0.2, 0.25) is 0 Å². The first-order valence-electron chi connectivity index (χ1n) is 3.70. The van der Waals surface area contributed by atoms with Crippen LogP contribution in [-0.2, 0) is 6.54 Å². The predicted octanol–water partition coefficient (Wildman–Crippen LogP) is 2.52. The van der Waals surface area contributed by atoms with Gasteiger partial charge in [0.05, 0.1) is 0 Å². The molecular formula is C8H7NOS3. The van der Waals surface area contributed by atoms with Crippen molar-refractivity contribution in [2.24, 2.45) is 0 Å². The van der Waals surface area contributed by atoms with Crippen molar-refractivity contribution in [2.75, 3.05) is 0 Å². The molecule has 1 aromatic carbocycles. The molecule has 0 unspecified atom stereocenters. The van der Waals surface area contributed by atoms with Gasteiger partial charge in [-0.25, -0.2) is 0 Å². The van der Waals surface area contributed by atoms with E-state index < -0.39 is 0 Å². The van der Waals surface area contributed by atoms with Crippen LogP contribution in [0.15, 0.2) is 23.1 Å². The lowest BCUT2D eigenvalue weighted by Gasteiger charge is -1.99. The molecule has 0 fully saturated rings. The molecule has 0 saturated carbocycles. The topological polar surface area (TPSA) is 29.1 Å². The number of carbonyl (C=O) groups excluding carboxylic acids is 1. The molecule has 2 nitrogen and oxygen atoms in total. The van der Waals surface area contributed by atoms with Gasteiger partial charge in [-0.2, -0.15) is 0 Å². The van der Waals surface area contributed by atoms with E-state index in [-0.39, 0.29) is 5.91 Å². The van der Waals surface area contributed by atoms with Gasteiger partial charge in [0.1, 0.15) is 0 Å². The Morgan fingerprint density at radius 2 is 2.31 bits per heavy atom. The minimum Gasteiger partial charge on any atom is -0.348 e. The summed E-state index contributed by atoms with van der Waals surface area (Å²) in [5, 5.41) is 2.78. The van der Waals surface area contributed by atoms with E-state index >= 15 is 0 Å². The minimum absolute atomic E-state index is 0.0293. The van der Waals surface area contributed by atoms with Crippen LogP contribution in [0.5, 0.6) is 0 Å². The Hall–Kier alpha value is -0.260. The Morgan fingerprint density at radius 1 is 1.46 bits per heavy atom. The van der Waals surface area contributed by atoms with Crippen LogP contribution in [0, 0.1) is 0 Å². The van der Waals surface area contributed by atoms with Crippen LogP contribution < -0.4 is 5.32 Å². The molecule has 0 aromatic heterocycles. The fourth-order valence-electron chi connectivity index (χ4n) is 1.29. The number of hydrogen-bond donors (Lipinski definition) is 2. The molecule has 0 atom stereocenters. The third kappa shape index (κ3) is 1.82. The predicted molar refractivity (Wildman–Crippen MR) is 60.0 cm³/mol. The quantitative estimate of drug-likeness (QED) is 0.603. The lowest BCUT2D eigenvalue weighted by Crippen LogP contribution is -2.12. The van der Waals surface area contributed by atoms with Gasteiger partial charge in [-0.3, -0.25) is 4.79 Å². The van der Waals surface area contributed by atoms with Crippen molar-refractivity contribution in [3.8, 4) is 0 Å². The molecule has 0 bridgehead atoms. The molecule has 0 saturated heterocycles. The molecule has 1 heterocycles. The number of rotatable bonds is 2. The minimum atomic E-state index is 0.0293. The monoisotopic (exact) mass is 229 g/mol. The van der Waals surface area contributed by atoms with Crippen molar-refractivity contribution < 1.29 is 4.79 Å². The van der Waals surface area contributed by atoms with Crippen molar-refractivity contribution in [1.29, 1.82) is 0 Å². The van der Waals surface area contributed by atoms with Gasteiger partial charge < -0.3 is 5.32 Å². The third-order valence-corrected chi connectivity index (χ3v) is 3.89. The van der Waals surface area contributed by atoms with Gasteiger partial charge >= 0.3 is 0 Å². The average Bonchev–Trinajstić information content (AvgIpc) is 2.49. The smallest absolute Gasteiger partial charge is 0.251 e. The number of benzene rings is 1. The van der Waals surface area contributed by atoms with Crippen molar-refractivity contribution >= 4 is 38.2 Å². The Kier molecular flexibility index (Phi) is 2.76. The van der Waals surface area contributed by atoms with Crippen LogP contribution in [0.25, 0.3) is 0 Å². The van der Waals surface area contributed by atoms with Gasteiger partial charge in [-0.15, -0.1) is 0 Å². The summed E-state index contributed by atoms with van der Waals surface area (Å²) in [5.74, 6) is 0.0293. The van der Waals surface area contributed by atoms with E-state index in [1.165, 1.54) is 9.83 Å². The summed E-state index contributed by atoms with van der Waals surface area (Å²) in [6, 6.07) is 5.90. The first kappa shape index (κ1) is 9.30. The van der Waals surface area contributed by atoms with Gasteiger partial charge in [-0.05, 0) is 38.3 Å². The van der Waals surface area contributed by atoms with Crippen LogP contribution in [0.4, 0.5) is 0 Å². The molecule has 0 radical (unpaired) electrons. The number of nitrogens with one attached hydrogen (secondary N) is 1. The molecule has 1 aliphatic heterocycles. The zero-order valence-corrected chi connectivity index (χ0v) is 9.14. The largest absolute Gasteiger partial charge is 0.348 e. The Bertz CT molecular complexity index is 353. The van der Waals surface area contributed by atoms with E-state index in [1.54, 1.807) is 10.8 Å². The average molecular weight is 229 g/mol. The van der Waals surface area contributed by atoms with Gasteiger partial charge in [0.15, 0.2) is 0 Å². The van der Waals surface area contributed by atoms with Crippen molar-refractivity contribution in [1.82, 2.24) is 5.32 Å². The van der Waals surface area contributed by atoms with Crippen LogP contribution in [0.3, 0.4) is 0 Å². The second-order valence-electron chi connectivity index (χ2n) is 2.66. The lowest BCUT2D eigenvalue weighted by atomic mass is 10.1. The highest BCUT2D eigenvalue weighted by atomic mass is 33.5. The molecule has 1 N–H and O–H groups in total. The summed E-state index contributed by atoms with van der Waals surface area (Å²) >= 11 is 4.04. The summed E-state index contributed by atoms with van der Waals surface area (Å²) in [6.07, 6.45) is 0. The summed E-state index contributed by atoms with van der Waals surface area (Å²) in [4.78, 5) is 12.3. The second-order valence-corrected chi connectivity index (χ2v) is 5.74. The fraction of sp³-hybridized carbons (Fsp3) is 0.125. The van der Waals surface area contributed by atoms with E-state index in [0.29, 0.717) is 6.54 Å². The fourth-order valence-corrected chi connectivity index (χ4v) is 3.01. The number of hydrogen-bond acceptors (Lipinski definition) is 4. The summed E-state index contributed by atoms with van der Waals surface area (Å²) in [6.45, 7) is 0.660. The molecule has 13 heavy (non-hydrogen) atoms. The maximum Gasteiger partial charge on any atom is 0.251 e. The first-order chi connectivity index (χ1) is 6.31. The highest BCUT2D eigenvalue weighted by Gasteiger charge is 2.18. The third-order valence-electron chi connectivity index (χ3n) is 1.90. The van der Waals surface area contributed by atoms with E-state index in [1.807, 2.05) is 18.2 Å². The Labute approximate surface area is 89.1 Å². The highest BCUT2D eigenvalue weighted by molar-refractivity contribution is 9.05. The maximum atomic E-state index is 11.3. The van der Waals surface area contributed by atoms with E-state index in [9.17, 15) is 4.79 Å².